The highest BCUT2D eigenvalue weighted by atomic mass is 32.2. The van der Waals surface area contributed by atoms with E-state index in [0.717, 1.165) is 12.8 Å². The summed E-state index contributed by atoms with van der Waals surface area (Å²) < 4.78 is 32.7. The fourth-order valence-corrected chi connectivity index (χ4v) is 2.55. The Kier molecular flexibility index (Phi) is 5.80. The number of rotatable bonds is 8. The normalized spacial score (nSPS) is 14.0. The van der Waals surface area contributed by atoms with Crippen molar-refractivity contribution < 1.29 is 17.9 Å². The largest absolute Gasteiger partial charge is 0.468 e. The molecule has 0 aliphatic carbocycles. The molecule has 1 heterocycles. The van der Waals surface area contributed by atoms with Crippen LogP contribution in [0, 0.1) is 0 Å². The Morgan fingerprint density at radius 1 is 1.56 bits per heavy atom. The first-order valence-corrected chi connectivity index (χ1v) is 7.33. The lowest BCUT2D eigenvalue weighted by molar-refractivity contribution is 0.239. The molecular formula is C11H20N2O4S. The third kappa shape index (κ3) is 4.09. The molecule has 7 heteroatoms. The van der Waals surface area contributed by atoms with Crippen LogP contribution in [0.4, 0.5) is 0 Å². The zero-order chi connectivity index (χ0) is 13.6. The maximum atomic E-state index is 12.0. The van der Waals surface area contributed by atoms with Crippen LogP contribution in [0.2, 0.25) is 0 Å². The van der Waals surface area contributed by atoms with Crippen LogP contribution in [-0.2, 0) is 10.2 Å². The van der Waals surface area contributed by atoms with E-state index in [1.165, 1.54) is 17.6 Å². The monoisotopic (exact) mass is 276 g/mol. The van der Waals surface area contributed by atoms with Crippen molar-refractivity contribution in [3.8, 4) is 0 Å². The Bertz CT molecular complexity index is 430. The minimum atomic E-state index is -3.61. The van der Waals surface area contributed by atoms with Crippen LogP contribution >= 0.6 is 0 Å². The van der Waals surface area contributed by atoms with E-state index < -0.39 is 16.3 Å². The summed E-state index contributed by atoms with van der Waals surface area (Å²) in [7, 11) is -2.10. The number of unbranched alkanes of at least 4 members (excludes halogenated alkanes) is 1. The molecule has 0 spiro atoms. The van der Waals surface area contributed by atoms with Crippen molar-refractivity contribution in [3.05, 3.63) is 24.2 Å². The van der Waals surface area contributed by atoms with Crippen LogP contribution in [0.5, 0.6) is 0 Å². The highest BCUT2D eigenvalue weighted by Gasteiger charge is 2.24. The SMILES string of the molecule is CCCCN(C)S(=O)(=O)NC(CO)c1ccco1. The minimum Gasteiger partial charge on any atom is -0.468 e. The Morgan fingerprint density at radius 2 is 2.28 bits per heavy atom. The van der Waals surface area contributed by atoms with Crippen molar-refractivity contribution >= 4 is 10.2 Å². The van der Waals surface area contributed by atoms with Gasteiger partial charge in [-0.2, -0.15) is 17.4 Å². The van der Waals surface area contributed by atoms with Crippen LogP contribution < -0.4 is 4.72 Å². The summed E-state index contributed by atoms with van der Waals surface area (Å²) in [6, 6.07) is 2.51. The van der Waals surface area contributed by atoms with Gasteiger partial charge in [0.2, 0.25) is 0 Å². The number of nitrogens with one attached hydrogen (secondary N) is 1. The van der Waals surface area contributed by atoms with Gasteiger partial charge in [-0.3, -0.25) is 0 Å². The lowest BCUT2D eigenvalue weighted by Gasteiger charge is -2.20. The Hall–Kier alpha value is -0.890. The Labute approximate surface area is 108 Å². The second kappa shape index (κ2) is 6.89. The predicted molar refractivity (Wildman–Crippen MR) is 68.1 cm³/mol. The van der Waals surface area contributed by atoms with E-state index in [2.05, 4.69) is 4.72 Å². The van der Waals surface area contributed by atoms with Crippen molar-refractivity contribution in [2.45, 2.75) is 25.8 Å². The van der Waals surface area contributed by atoms with E-state index in [1.807, 2.05) is 6.92 Å². The topological polar surface area (TPSA) is 82.8 Å². The van der Waals surface area contributed by atoms with Gasteiger partial charge in [0, 0.05) is 13.6 Å². The molecular weight excluding hydrogens is 256 g/mol. The van der Waals surface area contributed by atoms with E-state index in [0.29, 0.717) is 12.3 Å². The number of aliphatic hydroxyl groups is 1. The van der Waals surface area contributed by atoms with Gasteiger partial charge in [-0.25, -0.2) is 0 Å². The molecule has 0 radical (unpaired) electrons. The molecule has 1 unspecified atom stereocenters. The summed E-state index contributed by atoms with van der Waals surface area (Å²) >= 11 is 0. The van der Waals surface area contributed by atoms with Crippen LogP contribution in [0.1, 0.15) is 31.6 Å². The van der Waals surface area contributed by atoms with Crippen LogP contribution in [0.25, 0.3) is 0 Å². The molecule has 1 rings (SSSR count). The molecule has 2 N–H and O–H groups in total. The lowest BCUT2D eigenvalue weighted by Crippen LogP contribution is -2.41. The lowest BCUT2D eigenvalue weighted by atomic mass is 10.2. The van der Waals surface area contributed by atoms with E-state index >= 15 is 0 Å². The zero-order valence-corrected chi connectivity index (χ0v) is 11.5. The molecule has 6 nitrogen and oxygen atoms in total. The highest BCUT2D eigenvalue weighted by molar-refractivity contribution is 7.87. The molecule has 1 aromatic heterocycles. The Balaban J connectivity index is 2.68. The fraction of sp³-hybridized carbons (Fsp3) is 0.636. The standard InChI is InChI=1S/C11H20N2O4S/c1-3-4-7-13(2)18(15,16)12-10(9-14)11-6-5-8-17-11/h5-6,8,10,12,14H,3-4,7,9H2,1-2H3. The summed E-state index contributed by atoms with van der Waals surface area (Å²) in [6.45, 7) is 2.09. The van der Waals surface area contributed by atoms with E-state index in [-0.39, 0.29) is 6.61 Å². The van der Waals surface area contributed by atoms with Crippen molar-refractivity contribution in [1.82, 2.24) is 9.03 Å². The van der Waals surface area contributed by atoms with Gasteiger partial charge >= 0.3 is 0 Å². The number of furan rings is 1. The number of aliphatic hydroxyl groups excluding tert-OH is 1. The average molecular weight is 276 g/mol. The van der Waals surface area contributed by atoms with Crippen LogP contribution in [0.3, 0.4) is 0 Å². The molecule has 104 valence electrons. The molecule has 0 saturated heterocycles. The Morgan fingerprint density at radius 3 is 2.78 bits per heavy atom. The summed E-state index contributed by atoms with van der Waals surface area (Å²) in [5.41, 5.74) is 0. The second-order valence-corrected chi connectivity index (χ2v) is 5.86. The van der Waals surface area contributed by atoms with Gasteiger partial charge in [-0.05, 0) is 18.6 Å². The van der Waals surface area contributed by atoms with Gasteiger partial charge in [0.25, 0.3) is 10.2 Å². The van der Waals surface area contributed by atoms with Crippen molar-refractivity contribution in [2.75, 3.05) is 20.2 Å². The van der Waals surface area contributed by atoms with Gasteiger partial charge in [-0.15, -0.1) is 0 Å². The number of hydrogen-bond acceptors (Lipinski definition) is 4. The predicted octanol–water partition coefficient (Wildman–Crippen LogP) is 0.879. The first kappa shape index (κ1) is 15.2. The first-order chi connectivity index (χ1) is 8.51. The number of hydrogen-bond donors (Lipinski definition) is 2. The molecule has 0 amide bonds. The fourth-order valence-electron chi connectivity index (χ4n) is 1.45. The van der Waals surface area contributed by atoms with Gasteiger partial charge in [0.05, 0.1) is 12.9 Å². The molecule has 0 fully saturated rings. The minimum absolute atomic E-state index is 0.353. The highest BCUT2D eigenvalue weighted by Crippen LogP contribution is 2.14. The summed E-state index contributed by atoms with van der Waals surface area (Å²) in [6.07, 6.45) is 3.15. The molecule has 18 heavy (non-hydrogen) atoms. The summed E-state index contributed by atoms with van der Waals surface area (Å²) in [5.74, 6) is 0.393. The van der Waals surface area contributed by atoms with E-state index in [1.54, 1.807) is 12.1 Å². The van der Waals surface area contributed by atoms with Crippen LogP contribution in [0.15, 0.2) is 22.8 Å². The third-order valence-electron chi connectivity index (χ3n) is 2.60. The van der Waals surface area contributed by atoms with Gasteiger partial charge in [-0.1, -0.05) is 13.3 Å². The van der Waals surface area contributed by atoms with E-state index in [4.69, 9.17) is 4.42 Å². The molecule has 1 aromatic rings. The van der Waals surface area contributed by atoms with Crippen molar-refractivity contribution in [2.24, 2.45) is 0 Å². The van der Waals surface area contributed by atoms with Gasteiger partial charge in [0.1, 0.15) is 11.8 Å². The smallest absolute Gasteiger partial charge is 0.279 e. The van der Waals surface area contributed by atoms with E-state index in [9.17, 15) is 13.5 Å². The average Bonchev–Trinajstić information content (AvgIpc) is 2.86. The van der Waals surface area contributed by atoms with Gasteiger partial charge in [0.15, 0.2) is 0 Å². The van der Waals surface area contributed by atoms with Gasteiger partial charge < -0.3 is 9.52 Å². The maximum absolute atomic E-state index is 12.0. The summed E-state index contributed by atoms with van der Waals surface area (Å²) in [5, 5.41) is 9.21. The maximum Gasteiger partial charge on any atom is 0.279 e. The zero-order valence-electron chi connectivity index (χ0n) is 10.7. The molecule has 0 aliphatic rings. The number of nitrogens with zero attached hydrogens (tertiary/aromatic N) is 1. The van der Waals surface area contributed by atoms with Crippen molar-refractivity contribution in [3.63, 3.8) is 0 Å². The quantitative estimate of drug-likeness (QED) is 0.738. The second-order valence-electron chi connectivity index (χ2n) is 4.05. The van der Waals surface area contributed by atoms with Crippen LogP contribution in [-0.4, -0.2) is 38.0 Å². The third-order valence-corrected chi connectivity index (χ3v) is 4.18. The summed E-state index contributed by atoms with van der Waals surface area (Å²) in [4.78, 5) is 0. The molecule has 1 atom stereocenters. The van der Waals surface area contributed by atoms with Crippen molar-refractivity contribution in [1.29, 1.82) is 0 Å². The molecule has 0 aromatic carbocycles. The molecule has 0 aliphatic heterocycles. The molecule has 0 bridgehead atoms. The first-order valence-electron chi connectivity index (χ1n) is 5.89. The molecule has 0 saturated carbocycles.